The molecule has 1 saturated carbocycles. The van der Waals surface area contributed by atoms with Crippen LogP contribution < -0.4 is 10.1 Å². The molecular formula is C24H27N3O3. The van der Waals surface area contributed by atoms with E-state index >= 15 is 0 Å². The molecule has 0 radical (unpaired) electrons. The third-order valence-corrected chi connectivity index (χ3v) is 6.57. The second-order valence-electron chi connectivity index (χ2n) is 8.80. The van der Waals surface area contributed by atoms with Gasteiger partial charge in [-0.3, -0.25) is 14.6 Å². The van der Waals surface area contributed by atoms with Crippen molar-refractivity contribution >= 4 is 11.8 Å². The summed E-state index contributed by atoms with van der Waals surface area (Å²) >= 11 is 0. The van der Waals surface area contributed by atoms with Crippen LogP contribution in [0.2, 0.25) is 0 Å². The average Bonchev–Trinajstić information content (AvgIpc) is 3.58. The molecule has 1 N–H and O–H groups in total. The molecule has 0 unspecified atom stereocenters. The fourth-order valence-electron chi connectivity index (χ4n) is 4.77. The van der Waals surface area contributed by atoms with E-state index in [0.717, 1.165) is 43.4 Å². The molecule has 2 amide bonds. The maximum atomic E-state index is 12.8. The first-order chi connectivity index (χ1) is 14.6. The number of nitrogens with zero attached hydrogens (tertiary/aromatic N) is 2. The maximum absolute atomic E-state index is 12.8. The highest BCUT2D eigenvalue weighted by Crippen LogP contribution is 2.46. The van der Waals surface area contributed by atoms with E-state index in [0.29, 0.717) is 31.1 Å². The topological polar surface area (TPSA) is 71.5 Å². The van der Waals surface area contributed by atoms with Crippen LogP contribution in [0.1, 0.15) is 60.4 Å². The Morgan fingerprint density at radius 1 is 1.10 bits per heavy atom. The van der Waals surface area contributed by atoms with E-state index in [2.05, 4.69) is 16.4 Å². The summed E-state index contributed by atoms with van der Waals surface area (Å²) < 4.78 is 6.52. The highest BCUT2D eigenvalue weighted by atomic mass is 16.5. The van der Waals surface area contributed by atoms with Crippen LogP contribution in [0.4, 0.5) is 0 Å². The molecule has 3 heterocycles. The second-order valence-corrected chi connectivity index (χ2v) is 8.80. The number of amides is 2. The largest absolute Gasteiger partial charge is 0.487 e. The van der Waals surface area contributed by atoms with Crippen LogP contribution in [0, 0.1) is 0 Å². The van der Waals surface area contributed by atoms with Crippen LogP contribution in [-0.2, 0) is 4.79 Å². The summed E-state index contributed by atoms with van der Waals surface area (Å²) in [4.78, 5) is 31.2. The number of aromatic nitrogens is 1. The fraction of sp³-hybridized carbons (Fsp3) is 0.458. The lowest BCUT2D eigenvalue weighted by Gasteiger charge is -2.47. The van der Waals surface area contributed by atoms with Crippen molar-refractivity contribution in [3.63, 3.8) is 0 Å². The second kappa shape index (κ2) is 7.74. The van der Waals surface area contributed by atoms with Gasteiger partial charge in [0.05, 0.1) is 0 Å². The molecule has 6 heteroatoms. The number of ether oxygens (including phenoxy) is 1. The van der Waals surface area contributed by atoms with Crippen molar-refractivity contribution in [2.75, 3.05) is 13.1 Å². The molecule has 2 aromatic rings. The molecule has 5 rings (SSSR count). The summed E-state index contributed by atoms with van der Waals surface area (Å²) in [6, 6.07) is 12.0. The zero-order valence-corrected chi connectivity index (χ0v) is 17.0. The SMILES string of the molecule is O=C(C[C@@H]1CC2(CCN(C(=O)c3ccncc3)CC2)Oc2ccccc21)NC1CC1. The Hall–Kier alpha value is -2.89. The van der Waals surface area contributed by atoms with Crippen LogP contribution in [0.3, 0.4) is 0 Å². The molecule has 3 aliphatic rings. The third-order valence-electron chi connectivity index (χ3n) is 6.57. The van der Waals surface area contributed by atoms with Crippen molar-refractivity contribution in [3.05, 3.63) is 59.9 Å². The van der Waals surface area contributed by atoms with Crippen LogP contribution in [-0.4, -0.2) is 46.4 Å². The van der Waals surface area contributed by atoms with Gasteiger partial charge in [0.1, 0.15) is 11.4 Å². The molecule has 156 valence electrons. The predicted octanol–water partition coefficient (Wildman–Crippen LogP) is 3.29. The van der Waals surface area contributed by atoms with Crippen LogP contribution in [0.5, 0.6) is 5.75 Å². The van der Waals surface area contributed by atoms with Gasteiger partial charge in [-0.2, -0.15) is 0 Å². The molecule has 1 saturated heterocycles. The van der Waals surface area contributed by atoms with Gasteiger partial charge in [0, 0.05) is 62.3 Å². The number of hydrogen-bond acceptors (Lipinski definition) is 4. The molecule has 1 atom stereocenters. The van der Waals surface area contributed by atoms with Crippen molar-refractivity contribution < 1.29 is 14.3 Å². The highest BCUT2D eigenvalue weighted by molar-refractivity contribution is 5.94. The van der Waals surface area contributed by atoms with Gasteiger partial charge in [-0.1, -0.05) is 18.2 Å². The Morgan fingerprint density at radius 2 is 1.83 bits per heavy atom. The average molecular weight is 405 g/mol. The number of piperidine rings is 1. The molecule has 1 spiro atoms. The fourth-order valence-corrected chi connectivity index (χ4v) is 4.77. The van der Waals surface area contributed by atoms with E-state index in [1.807, 2.05) is 23.1 Å². The van der Waals surface area contributed by atoms with Gasteiger partial charge in [-0.25, -0.2) is 0 Å². The first-order valence-corrected chi connectivity index (χ1v) is 10.9. The minimum atomic E-state index is -0.312. The standard InChI is InChI=1S/C24H27N3O3/c28-22(26-19-5-6-19)15-18-16-24(30-21-4-2-1-3-20(18)21)9-13-27(14-10-24)23(29)17-7-11-25-12-8-17/h1-4,7-8,11-12,18-19H,5-6,9-10,13-16H2,(H,26,28)/t18-/m1/s1. The molecule has 1 aromatic carbocycles. The number of hydrogen-bond donors (Lipinski definition) is 1. The van der Waals surface area contributed by atoms with E-state index in [1.165, 1.54) is 0 Å². The third kappa shape index (κ3) is 3.91. The minimum Gasteiger partial charge on any atom is -0.487 e. The summed E-state index contributed by atoms with van der Waals surface area (Å²) in [5.41, 5.74) is 1.49. The van der Waals surface area contributed by atoms with Gasteiger partial charge < -0.3 is 15.0 Å². The Bertz CT molecular complexity index is 934. The van der Waals surface area contributed by atoms with Gasteiger partial charge in [0.15, 0.2) is 0 Å². The molecule has 6 nitrogen and oxygen atoms in total. The Kier molecular flexibility index (Phi) is 4.93. The smallest absolute Gasteiger partial charge is 0.253 e. The van der Waals surface area contributed by atoms with E-state index in [-0.39, 0.29) is 23.3 Å². The van der Waals surface area contributed by atoms with Gasteiger partial charge in [0.25, 0.3) is 5.91 Å². The lowest BCUT2D eigenvalue weighted by atomic mass is 9.76. The first-order valence-electron chi connectivity index (χ1n) is 10.9. The molecule has 1 aliphatic carbocycles. The molecule has 2 fully saturated rings. The van der Waals surface area contributed by atoms with Crippen LogP contribution in [0.25, 0.3) is 0 Å². The van der Waals surface area contributed by atoms with Crippen LogP contribution >= 0.6 is 0 Å². The number of likely N-dealkylation sites (tertiary alicyclic amines) is 1. The number of carbonyl (C=O) groups excluding carboxylic acids is 2. The predicted molar refractivity (Wildman–Crippen MR) is 112 cm³/mol. The molecule has 2 aliphatic heterocycles. The summed E-state index contributed by atoms with van der Waals surface area (Å²) in [5.74, 6) is 1.22. The van der Waals surface area contributed by atoms with Gasteiger partial charge in [-0.05, 0) is 43.0 Å². The Balaban J connectivity index is 1.30. The molecule has 30 heavy (non-hydrogen) atoms. The number of fused-ring (bicyclic) bond motifs is 1. The summed E-state index contributed by atoms with van der Waals surface area (Å²) in [5, 5.41) is 3.13. The minimum absolute atomic E-state index is 0.0452. The van der Waals surface area contributed by atoms with Gasteiger partial charge in [0.2, 0.25) is 5.91 Å². The zero-order valence-electron chi connectivity index (χ0n) is 17.0. The van der Waals surface area contributed by atoms with Crippen molar-refractivity contribution in [1.29, 1.82) is 0 Å². The lowest BCUT2D eigenvalue weighted by Crippen LogP contribution is -2.52. The quantitative estimate of drug-likeness (QED) is 0.847. The van der Waals surface area contributed by atoms with Crippen LogP contribution in [0.15, 0.2) is 48.8 Å². The number of carbonyl (C=O) groups is 2. The number of para-hydroxylation sites is 1. The first kappa shape index (κ1) is 19.1. The highest BCUT2D eigenvalue weighted by Gasteiger charge is 2.44. The number of benzene rings is 1. The van der Waals surface area contributed by atoms with E-state index < -0.39 is 0 Å². The molecule has 0 bridgehead atoms. The number of pyridine rings is 1. The monoisotopic (exact) mass is 405 g/mol. The summed E-state index contributed by atoms with van der Waals surface area (Å²) in [7, 11) is 0. The van der Waals surface area contributed by atoms with Crippen molar-refractivity contribution in [1.82, 2.24) is 15.2 Å². The zero-order chi connectivity index (χ0) is 20.6. The molecular weight excluding hydrogens is 378 g/mol. The Labute approximate surface area is 176 Å². The normalized spacial score (nSPS) is 22.1. The van der Waals surface area contributed by atoms with E-state index in [1.54, 1.807) is 24.5 Å². The lowest BCUT2D eigenvalue weighted by molar-refractivity contribution is -0.122. The van der Waals surface area contributed by atoms with E-state index in [4.69, 9.17) is 4.74 Å². The maximum Gasteiger partial charge on any atom is 0.253 e. The van der Waals surface area contributed by atoms with Crippen molar-refractivity contribution in [2.45, 2.75) is 56.1 Å². The summed E-state index contributed by atoms with van der Waals surface area (Å²) in [6.07, 6.45) is 8.37. The van der Waals surface area contributed by atoms with Crippen molar-refractivity contribution in [3.8, 4) is 5.75 Å². The number of rotatable bonds is 4. The Morgan fingerprint density at radius 3 is 2.57 bits per heavy atom. The summed E-state index contributed by atoms with van der Waals surface area (Å²) in [6.45, 7) is 1.31. The van der Waals surface area contributed by atoms with Crippen molar-refractivity contribution in [2.24, 2.45) is 0 Å². The number of nitrogens with one attached hydrogen (secondary N) is 1. The van der Waals surface area contributed by atoms with Gasteiger partial charge >= 0.3 is 0 Å². The van der Waals surface area contributed by atoms with E-state index in [9.17, 15) is 9.59 Å². The molecule has 1 aromatic heterocycles. The van der Waals surface area contributed by atoms with Gasteiger partial charge in [-0.15, -0.1) is 0 Å².